The molecule has 0 bridgehead atoms. The third kappa shape index (κ3) is 4.84. The molecule has 1 saturated carbocycles. The van der Waals surface area contributed by atoms with E-state index >= 15 is 0 Å². The Labute approximate surface area is 209 Å². The van der Waals surface area contributed by atoms with E-state index in [0.29, 0.717) is 41.1 Å². The SMILES string of the molecule is COC(=O)c1nc(-c2cncc(Cl)c2)c2c(n1)nc(N1CCOC[C@H]1C)n2C[C@H]1CC[C@H](C)CC1. The van der Waals surface area contributed by atoms with Crippen LogP contribution in [0, 0.1) is 11.8 Å². The highest BCUT2D eigenvalue weighted by Gasteiger charge is 2.30. The van der Waals surface area contributed by atoms with Gasteiger partial charge in [-0.05, 0) is 37.7 Å². The van der Waals surface area contributed by atoms with E-state index in [0.717, 1.165) is 30.5 Å². The van der Waals surface area contributed by atoms with Gasteiger partial charge in [0.05, 0.1) is 31.4 Å². The minimum Gasteiger partial charge on any atom is -0.463 e. The summed E-state index contributed by atoms with van der Waals surface area (Å²) in [6.07, 6.45) is 8.09. The van der Waals surface area contributed by atoms with E-state index in [1.54, 1.807) is 18.5 Å². The maximum absolute atomic E-state index is 12.5. The first-order valence-electron chi connectivity index (χ1n) is 12.3. The Hall–Kier alpha value is -2.78. The topological polar surface area (TPSA) is 95.3 Å². The quantitative estimate of drug-likeness (QED) is 0.478. The fourth-order valence-electron chi connectivity index (χ4n) is 5.14. The van der Waals surface area contributed by atoms with E-state index in [9.17, 15) is 4.79 Å². The number of methoxy groups -OCH3 is 1. The number of carbonyl (C=O) groups excluding carboxylic acids is 1. The highest BCUT2D eigenvalue weighted by atomic mass is 35.5. The van der Waals surface area contributed by atoms with Crippen LogP contribution in [0.5, 0.6) is 0 Å². The van der Waals surface area contributed by atoms with E-state index in [2.05, 4.69) is 38.3 Å². The fraction of sp³-hybridized carbons (Fsp3) is 0.560. The molecule has 1 aliphatic heterocycles. The third-order valence-corrected chi connectivity index (χ3v) is 7.34. The number of halogens is 1. The van der Waals surface area contributed by atoms with Gasteiger partial charge in [-0.2, -0.15) is 4.98 Å². The maximum atomic E-state index is 12.5. The minimum atomic E-state index is -0.611. The Balaban J connectivity index is 1.72. The van der Waals surface area contributed by atoms with Crippen LogP contribution < -0.4 is 4.90 Å². The van der Waals surface area contributed by atoms with Crippen molar-refractivity contribution in [2.75, 3.05) is 31.8 Å². The van der Waals surface area contributed by atoms with Crippen molar-refractivity contribution in [2.45, 2.75) is 52.1 Å². The van der Waals surface area contributed by atoms with Gasteiger partial charge in [-0.1, -0.05) is 31.4 Å². The van der Waals surface area contributed by atoms with E-state index in [-0.39, 0.29) is 11.9 Å². The van der Waals surface area contributed by atoms with Gasteiger partial charge in [-0.15, -0.1) is 0 Å². The number of imidazole rings is 1. The first-order valence-corrected chi connectivity index (χ1v) is 12.6. The van der Waals surface area contributed by atoms with Crippen LogP contribution in [0.1, 0.15) is 50.1 Å². The number of morpholine rings is 1. The van der Waals surface area contributed by atoms with Crippen molar-refractivity contribution in [3.8, 4) is 11.3 Å². The molecule has 0 aromatic carbocycles. The van der Waals surface area contributed by atoms with Crippen LogP contribution in [0.15, 0.2) is 18.5 Å². The molecule has 0 amide bonds. The molecule has 5 rings (SSSR count). The number of anilines is 1. The van der Waals surface area contributed by atoms with Crippen LogP contribution in [-0.4, -0.2) is 63.4 Å². The van der Waals surface area contributed by atoms with Gasteiger partial charge >= 0.3 is 5.97 Å². The van der Waals surface area contributed by atoms with Crippen molar-refractivity contribution in [2.24, 2.45) is 11.8 Å². The number of rotatable bonds is 5. The Morgan fingerprint density at radius 1 is 1.17 bits per heavy atom. The summed E-state index contributed by atoms with van der Waals surface area (Å²) in [6.45, 7) is 7.28. The lowest BCUT2D eigenvalue weighted by molar-refractivity contribution is 0.0587. The molecule has 0 N–H and O–H groups in total. The van der Waals surface area contributed by atoms with E-state index in [1.807, 2.05) is 0 Å². The molecule has 10 heteroatoms. The summed E-state index contributed by atoms with van der Waals surface area (Å²) >= 11 is 6.29. The Morgan fingerprint density at radius 2 is 1.97 bits per heavy atom. The van der Waals surface area contributed by atoms with Gasteiger partial charge in [0.1, 0.15) is 11.2 Å². The Kier molecular flexibility index (Phi) is 6.88. The van der Waals surface area contributed by atoms with Crippen LogP contribution in [0.25, 0.3) is 22.4 Å². The summed E-state index contributed by atoms with van der Waals surface area (Å²) in [7, 11) is 1.32. The monoisotopic (exact) mass is 498 g/mol. The van der Waals surface area contributed by atoms with Gasteiger partial charge in [0.15, 0.2) is 5.65 Å². The molecule has 2 fully saturated rings. The maximum Gasteiger partial charge on any atom is 0.376 e. The number of nitrogens with zero attached hydrogens (tertiary/aromatic N) is 6. The van der Waals surface area contributed by atoms with Crippen molar-refractivity contribution in [3.63, 3.8) is 0 Å². The highest BCUT2D eigenvalue weighted by Crippen LogP contribution is 2.36. The molecule has 3 aromatic heterocycles. The van der Waals surface area contributed by atoms with Crippen LogP contribution in [-0.2, 0) is 16.0 Å². The highest BCUT2D eigenvalue weighted by molar-refractivity contribution is 6.30. The Morgan fingerprint density at radius 3 is 2.69 bits per heavy atom. The molecular formula is C25H31ClN6O3. The number of carbonyl (C=O) groups is 1. The van der Waals surface area contributed by atoms with Gasteiger partial charge in [0.25, 0.3) is 0 Å². The largest absolute Gasteiger partial charge is 0.463 e. The molecular weight excluding hydrogens is 468 g/mol. The molecule has 0 spiro atoms. The normalized spacial score (nSPS) is 23.0. The predicted molar refractivity (Wildman–Crippen MR) is 134 cm³/mol. The summed E-state index contributed by atoms with van der Waals surface area (Å²) in [5.41, 5.74) is 2.53. The molecule has 35 heavy (non-hydrogen) atoms. The summed E-state index contributed by atoms with van der Waals surface area (Å²) in [6, 6.07) is 1.96. The van der Waals surface area contributed by atoms with E-state index < -0.39 is 5.97 Å². The number of pyridine rings is 1. The van der Waals surface area contributed by atoms with Crippen molar-refractivity contribution in [1.82, 2.24) is 24.5 Å². The van der Waals surface area contributed by atoms with Gasteiger partial charge < -0.3 is 18.9 Å². The summed E-state index contributed by atoms with van der Waals surface area (Å²) in [5.74, 6) is 1.49. The molecule has 0 radical (unpaired) electrons. The lowest BCUT2D eigenvalue weighted by atomic mass is 9.83. The van der Waals surface area contributed by atoms with Gasteiger partial charge in [0, 0.05) is 31.0 Å². The smallest absolute Gasteiger partial charge is 0.376 e. The molecule has 0 unspecified atom stereocenters. The lowest BCUT2D eigenvalue weighted by Crippen LogP contribution is -2.45. The standard InChI is InChI=1S/C25H31ClN6O3/c1-15-4-6-17(7-5-15)13-32-21-20(18-10-19(26)12-27-11-18)28-23(24(33)34-3)29-22(21)30-25(32)31-8-9-35-14-16(31)2/h10-12,15-17H,4-9,13-14H2,1-3H3/t15-,16-,17-/m1/s1. The summed E-state index contributed by atoms with van der Waals surface area (Å²) in [4.78, 5) is 33.1. The first-order chi connectivity index (χ1) is 16.9. The molecule has 186 valence electrons. The number of aromatic nitrogens is 5. The van der Waals surface area contributed by atoms with Crippen molar-refractivity contribution in [1.29, 1.82) is 0 Å². The number of ether oxygens (including phenoxy) is 2. The van der Waals surface area contributed by atoms with Gasteiger partial charge in [-0.3, -0.25) is 4.98 Å². The molecule has 1 atom stereocenters. The average molecular weight is 499 g/mol. The zero-order valence-electron chi connectivity index (χ0n) is 20.4. The second-order valence-corrected chi connectivity index (χ2v) is 10.2. The van der Waals surface area contributed by atoms with E-state index in [4.69, 9.17) is 26.1 Å². The van der Waals surface area contributed by atoms with Crippen LogP contribution in [0.3, 0.4) is 0 Å². The zero-order valence-corrected chi connectivity index (χ0v) is 21.2. The number of hydrogen-bond donors (Lipinski definition) is 0. The second-order valence-electron chi connectivity index (χ2n) is 9.72. The van der Waals surface area contributed by atoms with Crippen LogP contribution >= 0.6 is 11.6 Å². The van der Waals surface area contributed by atoms with Crippen molar-refractivity contribution in [3.05, 3.63) is 29.3 Å². The molecule has 1 saturated heterocycles. The Bertz CT molecular complexity index is 1220. The first kappa shape index (κ1) is 23.9. The summed E-state index contributed by atoms with van der Waals surface area (Å²) in [5, 5.41) is 0.489. The van der Waals surface area contributed by atoms with Gasteiger partial charge in [-0.25, -0.2) is 14.8 Å². The molecule has 1 aliphatic carbocycles. The fourth-order valence-corrected chi connectivity index (χ4v) is 5.31. The molecule has 4 heterocycles. The van der Waals surface area contributed by atoms with Crippen molar-refractivity contribution >= 4 is 34.7 Å². The average Bonchev–Trinajstić information content (AvgIpc) is 3.22. The number of fused-ring (bicyclic) bond motifs is 1. The van der Waals surface area contributed by atoms with Crippen molar-refractivity contribution < 1.29 is 14.3 Å². The molecule has 3 aromatic rings. The number of hydrogen-bond acceptors (Lipinski definition) is 8. The van der Waals surface area contributed by atoms with Gasteiger partial charge in [0.2, 0.25) is 11.8 Å². The zero-order chi connectivity index (χ0) is 24.5. The summed E-state index contributed by atoms with van der Waals surface area (Å²) < 4.78 is 12.9. The molecule has 9 nitrogen and oxygen atoms in total. The second kappa shape index (κ2) is 10.1. The third-order valence-electron chi connectivity index (χ3n) is 7.13. The van der Waals surface area contributed by atoms with Crippen LogP contribution in [0.2, 0.25) is 5.02 Å². The minimum absolute atomic E-state index is 0.0345. The van der Waals surface area contributed by atoms with Crippen LogP contribution in [0.4, 0.5) is 5.95 Å². The van der Waals surface area contributed by atoms with E-state index in [1.165, 1.54) is 32.8 Å². The number of esters is 1. The lowest BCUT2D eigenvalue weighted by Gasteiger charge is -2.35. The predicted octanol–water partition coefficient (Wildman–Crippen LogP) is 4.38. The molecule has 2 aliphatic rings.